The third kappa shape index (κ3) is 4.37. The van der Waals surface area contributed by atoms with E-state index in [0.717, 1.165) is 0 Å². The molecule has 3 rings (SSSR count). The topological polar surface area (TPSA) is 0 Å². The Balaban J connectivity index is 0.00000121. The molecule has 0 atom stereocenters. The Bertz CT molecular complexity index is 615. The van der Waals surface area contributed by atoms with Gasteiger partial charge in [-0.1, -0.05) is 0 Å². The molecule has 0 bridgehead atoms. The fourth-order valence-corrected chi connectivity index (χ4v) is 48.1. The van der Waals surface area contributed by atoms with Crippen LogP contribution in [0.3, 0.4) is 0 Å². The Kier molecular flexibility index (Phi) is 8.70. The zero-order chi connectivity index (χ0) is 13.9. The van der Waals surface area contributed by atoms with Gasteiger partial charge in [-0.3, -0.25) is 0 Å². The summed E-state index contributed by atoms with van der Waals surface area (Å²) in [6.45, 7) is 0. The van der Waals surface area contributed by atoms with Gasteiger partial charge in [0.05, 0.1) is 0 Å². The van der Waals surface area contributed by atoms with Crippen LogP contribution in [-0.2, 0) is 19.0 Å². The Morgan fingerprint density at radius 1 is 0.955 bits per heavy atom. The second-order valence-electron chi connectivity index (χ2n) is 5.76. The molecule has 0 aliphatic heterocycles. The van der Waals surface area contributed by atoms with Gasteiger partial charge in [-0.15, -0.1) is 24.8 Å². The van der Waals surface area contributed by atoms with Crippen molar-refractivity contribution in [1.82, 2.24) is 0 Å². The molecule has 0 radical (unpaired) electrons. The number of hydrogen-bond acceptors (Lipinski definition) is 0. The Morgan fingerprint density at radius 2 is 1.68 bits per heavy atom. The molecule has 0 nitrogen and oxygen atoms in total. The van der Waals surface area contributed by atoms with Crippen LogP contribution >= 0.6 is 24.8 Å². The number of halogens is 2. The maximum atomic E-state index is 2.63. The third-order valence-corrected chi connectivity index (χ3v) is 48.2. The number of rotatable bonds is 4. The standard InChI is InChI=1S/C11H9.C5H5.C2H7Ge.2ClH.Hf/c1-2-6-10(7-3-1)11-8-4-5-9-11;1-2-4-5-3-1;1-3-2;;;/h1-4,6-8H,5H2;1-3H,4H2;3H,1-2H3;2*1H;. The molecule has 22 heavy (non-hydrogen) atoms. The molecule has 0 heterocycles. The van der Waals surface area contributed by atoms with E-state index in [9.17, 15) is 0 Å². The van der Waals surface area contributed by atoms with Crippen molar-refractivity contribution in [3.8, 4) is 0 Å². The predicted octanol–water partition coefficient (Wildman–Crippen LogP) is 5.65. The van der Waals surface area contributed by atoms with Crippen LogP contribution in [0.5, 0.6) is 0 Å². The quantitative estimate of drug-likeness (QED) is 0.418. The number of benzene rings is 1. The fraction of sp³-hybridized carbons (Fsp3) is 0.222. The van der Waals surface area contributed by atoms with Gasteiger partial charge in [0.2, 0.25) is 0 Å². The summed E-state index contributed by atoms with van der Waals surface area (Å²) in [6.07, 6.45) is 14.4. The number of hydrogen-bond donors (Lipinski definition) is 0. The summed E-state index contributed by atoms with van der Waals surface area (Å²) in [5.74, 6) is 5.25. The average Bonchev–Trinajstić information content (AvgIpc) is 3.11. The van der Waals surface area contributed by atoms with Crippen LogP contribution in [0, 0.1) is 0 Å². The molecule has 0 fully saturated rings. The van der Waals surface area contributed by atoms with Gasteiger partial charge < -0.3 is 0 Å². The van der Waals surface area contributed by atoms with E-state index < -0.39 is 29.6 Å². The molecule has 0 saturated heterocycles. The Hall–Kier alpha value is 0.173. The van der Waals surface area contributed by atoms with Gasteiger partial charge in [-0.25, -0.2) is 0 Å². The van der Waals surface area contributed by atoms with E-state index in [2.05, 4.69) is 72.2 Å². The van der Waals surface area contributed by atoms with Gasteiger partial charge in [-0.2, -0.15) is 0 Å². The molecule has 1 aromatic rings. The molecule has 0 amide bonds. The van der Waals surface area contributed by atoms with Crippen LogP contribution in [0.4, 0.5) is 0 Å². The maximum absolute atomic E-state index is 2.63. The van der Waals surface area contributed by atoms with Crippen LogP contribution < -0.4 is 0 Å². The molecule has 0 saturated carbocycles. The van der Waals surface area contributed by atoms with E-state index in [1.807, 2.05) is 6.66 Å². The van der Waals surface area contributed by atoms with Gasteiger partial charge in [-0.05, 0) is 0 Å². The third-order valence-electron chi connectivity index (χ3n) is 4.04. The number of allylic oxidation sites excluding steroid dienone is 8. The monoisotopic (exact) mass is 563 g/mol. The van der Waals surface area contributed by atoms with E-state index in [-0.39, 0.29) is 24.8 Å². The second kappa shape index (κ2) is 9.46. The summed E-state index contributed by atoms with van der Waals surface area (Å²) < 4.78 is 3.77. The van der Waals surface area contributed by atoms with Gasteiger partial charge in [0.15, 0.2) is 0 Å². The Morgan fingerprint density at radius 3 is 2.27 bits per heavy atom. The van der Waals surface area contributed by atoms with Crippen molar-refractivity contribution < 1.29 is 19.0 Å². The van der Waals surface area contributed by atoms with Crippen molar-refractivity contribution in [3.63, 3.8) is 0 Å². The first-order valence-electron chi connectivity index (χ1n) is 7.46. The van der Waals surface area contributed by atoms with Gasteiger partial charge in [0.25, 0.3) is 0 Å². The summed E-state index contributed by atoms with van der Waals surface area (Å²) in [4.78, 5) is 0. The van der Waals surface area contributed by atoms with E-state index in [1.165, 1.54) is 18.4 Å². The molecule has 117 valence electrons. The molecular formula is C18H23Cl2GeHf. The first kappa shape index (κ1) is 20.2. The molecule has 0 N–H and O–H groups in total. The van der Waals surface area contributed by atoms with Crippen LogP contribution in [-0.4, -0.2) is 10.6 Å². The van der Waals surface area contributed by atoms with E-state index in [0.29, 0.717) is 0 Å². The molecule has 0 unspecified atom stereocenters. The molecule has 1 aromatic carbocycles. The van der Waals surface area contributed by atoms with E-state index in [1.54, 1.807) is 5.57 Å². The van der Waals surface area contributed by atoms with Crippen molar-refractivity contribution in [3.05, 3.63) is 72.9 Å². The predicted molar refractivity (Wildman–Crippen MR) is 102 cm³/mol. The zero-order valence-corrected chi connectivity index (χ0v) is 20.7. The summed E-state index contributed by atoms with van der Waals surface area (Å²) in [5.41, 5.74) is 3.02. The summed E-state index contributed by atoms with van der Waals surface area (Å²) in [5, 5.41) is 0. The second-order valence-corrected chi connectivity index (χ2v) is 49.5. The summed E-state index contributed by atoms with van der Waals surface area (Å²) in [6, 6.07) is 11.0. The van der Waals surface area contributed by atoms with Crippen molar-refractivity contribution in [2.24, 2.45) is 0 Å². The van der Waals surface area contributed by atoms with Crippen molar-refractivity contribution in [2.45, 2.75) is 24.4 Å². The van der Waals surface area contributed by atoms with Crippen LogP contribution in [0.1, 0.15) is 18.4 Å². The molecule has 0 spiro atoms. The summed E-state index contributed by atoms with van der Waals surface area (Å²) >= 11 is -1.69. The molecule has 0 aromatic heterocycles. The molecule has 4 heteroatoms. The van der Waals surface area contributed by atoms with Crippen LogP contribution in [0.15, 0.2) is 67.4 Å². The van der Waals surface area contributed by atoms with Crippen molar-refractivity contribution in [1.29, 1.82) is 0 Å². The molecule has 2 aliphatic carbocycles. The summed E-state index contributed by atoms with van der Waals surface area (Å²) in [7, 11) is -1.04. The van der Waals surface area contributed by atoms with E-state index in [4.69, 9.17) is 0 Å². The first-order chi connectivity index (χ1) is 9.77. The fourth-order valence-electron chi connectivity index (χ4n) is 3.21. The SMILES string of the molecule is Cl.Cl.[CH3][GeH]([CH3])[Hf]([C]1=CC=CC1)[C]1=C(c2ccccc2)C=CC1. The van der Waals surface area contributed by atoms with Crippen LogP contribution in [0.2, 0.25) is 11.5 Å². The minimum atomic E-state index is -1.69. The molecular weight excluding hydrogens is 538 g/mol. The van der Waals surface area contributed by atoms with Gasteiger partial charge in [0.1, 0.15) is 0 Å². The molecule has 2 aliphatic rings. The zero-order valence-electron chi connectivity index (χ0n) is 13.1. The van der Waals surface area contributed by atoms with Gasteiger partial charge in [0, 0.05) is 0 Å². The first-order valence-corrected chi connectivity index (χ1v) is 27.9. The van der Waals surface area contributed by atoms with Crippen molar-refractivity contribution >= 4 is 41.0 Å². The minimum absolute atomic E-state index is 0. The normalized spacial score (nSPS) is 15.7. The van der Waals surface area contributed by atoms with E-state index >= 15 is 0 Å². The van der Waals surface area contributed by atoms with Gasteiger partial charge >= 0.3 is 132 Å². The Labute approximate surface area is 156 Å². The average molecular weight is 561 g/mol. The van der Waals surface area contributed by atoms with Crippen LogP contribution in [0.25, 0.3) is 5.57 Å². The van der Waals surface area contributed by atoms with Crippen molar-refractivity contribution in [2.75, 3.05) is 0 Å².